The summed E-state index contributed by atoms with van der Waals surface area (Å²) in [5.74, 6) is 0.315. The van der Waals surface area contributed by atoms with Crippen molar-refractivity contribution < 1.29 is 33.4 Å². The molecule has 1 fully saturated rings. The van der Waals surface area contributed by atoms with Crippen LogP contribution in [0.1, 0.15) is 128 Å². The molecule has 48 heavy (non-hydrogen) atoms. The Morgan fingerprint density at radius 2 is 1.50 bits per heavy atom. The van der Waals surface area contributed by atoms with Crippen molar-refractivity contribution in [1.29, 1.82) is 0 Å². The molecular formula is C38H65N4O6+. The lowest BCUT2D eigenvalue weighted by Crippen LogP contribution is -2.30. The smallest absolute Gasteiger partial charge is 0.316 e. The van der Waals surface area contributed by atoms with Crippen LogP contribution >= 0.6 is 0 Å². The van der Waals surface area contributed by atoms with Gasteiger partial charge in [-0.2, -0.15) is 4.58 Å². The fraction of sp³-hybridized carbons (Fsp3) is 0.789. The molecule has 0 amide bonds. The maximum Gasteiger partial charge on any atom is 0.316 e. The summed E-state index contributed by atoms with van der Waals surface area (Å²) < 4.78 is 25.7. The number of rotatable bonds is 30. The van der Waals surface area contributed by atoms with E-state index in [2.05, 4.69) is 31.9 Å². The Kier molecular flexibility index (Phi) is 22.7. The highest BCUT2D eigenvalue weighted by Gasteiger charge is 2.16. The molecule has 1 N–H and O–H groups in total. The van der Waals surface area contributed by atoms with Crippen LogP contribution in [0.25, 0.3) is 0 Å². The maximum absolute atomic E-state index is 10.6. The molecule has 2 heterocycles. The molecule has 3 rings (SSSR count). The van der Waals surface area contributed by atoms with Gasteiger partial charge >= 0.3 is 12.0 Å². The first-order valence-electron chi connectivity index (χ1n) is 19.1. The van der Waals surface area contributed by atoms with Crippen LogP contribution in [0.5, 0.6) is 6.01 Å². The fourth-order valence-corrected chi connectivity index (χ4v) is 6.40. The van der Waals surface area contributed by atoms with Gasteiger partial charge in [-0.3, -0.25) is 4.79 Å². The molecular weight excluding hydrogens is 608 g/mol. The van der Waals surface area contributed by atoms with E-state index in [4.69, 9.17) is 24.1 Å². The summed E-state index contributed by atoms with van der Waals surface area (Å²) in [6.07, 6.45) is 34.2. The number of carbonyl (C=O) groups is 1. The summed E-state index contributed by atoms with van der Waals surface area (Å²) in [7, 11) is 0. The van der Waals surface area contributed by atoms with Crippen LogP contribution in [0.2, 0.25) is 0 Å². The van der Waals surface area contributed by atoms with Crippen LogP contribution in [0, 0.1) is 5.92 Å². The standard InChI is InChI=1S/C38H64N4O6/c43-37(44)21-14-10-15-24-41-25-26-42(34-41)27-29-45-30-31-47-33-36(48-38-39-22-17-23-40-38)32-46-28-16-8-6-4-2-1-3-5-7-11-18-35-19-12-9-13-20-35/h17,22-26,35-36H,1-16,18-21,27-34H2/p+1. The van der Waals surface area contributed by atoms with Gasteiger partial charge in [-0.25, -0.2) is 9.97 Å². The first-order chi connectivity index (χ1) is 23.7. The van der Waals surface area contributed by atoms with Gasteiger partial charge in [0.1, 0.15) is 12.3 Å². The lowest BCUT2D eigenvalue weighted by Gasteiger charge is -2.21. The Bertz CT molecular complexity index is 989. The lowest BCUT2D eigenvalue weighted by atomic mass is 9.85. The number of unbranched alkanes of at least 4 members (excludes halogenated alkanes) is 11. The first-order valence-corrected chi connectivity index (χ1v) is 19.1. The van der Waals surface area contributed by atoms with E-state index in [0.29, 0.717) is 45.5 Å². The summed E-state index contributed by atoms with van der Waals surface area (Å²) in [6, 6.07) is 2.10. The molecule has 272 valence electrons. The number of ether oxygens (including phenoxy) is 4. The maximum atomic E-state index is 10.6. The summed E-state index contributed by atoms with van der Waals surface area (Å²) >= 11 is 0. The van der Waals surface area contributed by atoms with Crippen LogP contribution in [0.15, 0.2) is 30.9 Å². The third-order valence-electron chi connectivity index (χ3n) is 9.21. The van der Waals surface area contributed by atoms with Gasteiger partial charge in [-0.1, -0.05) is 96.3 Å². The third kappa shape index (κ3) is 20.7. The summed E-state index contributed by atoms with van der Waals surface area (Å²) in [6.45, 7) is 4.73. The van der Waals surface area contributed by atoms with Gasteiger partial charge in [0, 0.05) is 38.4 Å². The van der Waals surface area contributed by atoms with Crippen molar-refractivity contribution in [2.45, 2.75) is 135 Å². The molecule has 1 aliphatic heterocycles. The van der Waals surface area contributed by atoms with E-state index in [0.717, 1.165) is 45.0 Å². The Hall–Kier alpha value is -2.56. The molecule has 1 saturated carbocycles. The zero-order chi connectivity index (χ0) is 33.7. The van der Waals surface area contributed by atoms with Crippen LogP contribution in [-0.2, 0) is 19.0 Å². The van der Waals surface area contributed by atoms with E-state index in [9.17, 15) is 4.79 Å². The first kappa shape index (κ1) is 39.9. The minimum absolute atomic E-state index is 0.236. The van der Waals surface area contributed by atoms with Gasteiger partial charge in [0.15, 0.2) is 6.20 Å². The molecule has 1 aliphatic carbocycles. The largest absolute Gasteiger partial charge is 0.481 e. The lowest BCUT2D eigenvalue weighted by molar-refractivity contribution is -0.460. The highest BCUT2D eigenvalue weighted by atomic mass is 16.6. The molecule has 0 radical (unpaired) electrons. The van der Waals surface area contributed by atoms with E-state index in [1.807, 2.05) is 6.20 Å². The van der Waals surface area contributed by atoms with Gasteiger partial charge in [0.25, 0.3) is 0 Å². The zero-order valence-corrected chi connectivity index (χ0v) is 29.7. The van der Waals surface area contributed by atoms with Crippen LogP contribution in [0.3, 0.4) is 0 Å². The van der Waals surface area contributed by atoms with E-state index in [1.165, 1.54) is 96.3 Å². The van der Waals surface area contributed by atoms with Gasteiger partial charge in [-0.05, 0) is 31.2 Å². The van der Waals surface area contributed by atoms with Crippen molar-refractivity contribution in [2.75, 3.05) is 52.9 Å². The average molecular weight is 674 g/mol. The Balaban J connectivity index is 1.13. The highest BCUT2D eigenvalue weighted by molar-refractivity contribution is 5.66. The molecule has 0 saturated heterocycles. The van der Waals surface area contributed by atoms with Gasteiger partial charge in [0.2, 0.25) is 6.67 Å². The monoisotopic (exact) mass is 673 g/mol. The van der Waals surface area contributed by atoms with Crippen molar-refractivity contribution in [2.24, 2.45) is 5.92 Å². The van der Waals surface area contributed by atoms with Gasteiger partial charge in [-0.15, -0.1) is 0 Å². The van der Waals surface area contributed by atoms with Crippen LogP contribution in [-0.4, -0.2) is 95.7 Å². The Morgan fingerprint density at radius 1 is 0.833 bits per heavy atom. The number of hydrogen-bond donors (Lipinski definition) is 1. The molecule has 10 heteroatoms. The molecule has 0 aromatic carbocycles. The molecule has 10 nitrogen and oxygen atoms in total. The number of hydrogen-bond acceptors (Lipinski definition) is 8. The van der Waals surface area contributed by atoms with E-state index >= 15 is 0 Å². The zero-order valence-electron chi connectivity index (χ0n) is 29.7. The van der Waals surface area contributed by atoms with Crippen molar-refractivity contribution in [3.8, 4) is 6.01 Å². The SMILES string of the molecule is O=C(O)CCCCC=[N+]1C=CN(CCOCCOCC(COCCCCCCCCCCCCC2CCCCC2)Oc2ncccn2)C1. The van der Waals surface area contributed by atoms with Crippen molar-refractivity contribution in [3.05, 3.63) is 30.9 Å². The van der Waals surface area contributed by atoms with E-state index in [1.54, 1.807) is 18.5 Å². The summed E-state index contributed by atoms with van der Waals surface area (Å²) in [5.41, 5.74) is 0. The van der Waals surface area contributed by atoms with Crippen molar-refractivity contribution >= 4 is 12.2 Å². The van der Waals surface area contributed by atoms with Gasteiger partial charge in [0.05, 0.1) is 39.2 Å². The molecule has 1 aromatic heterocycles. The summed E-state index contributed by atoms with van der Waals surface area (Å²) in [4.78, 5) is 21.2. The third-order valence-corrected chi connectivity index (χ3v) is 9.21. The van der Waals surface area contributed by atoms with Crippen LogP contribution in [0.4, 0.5) is 0 Å². The average Bonchev–Trinajstić information content (AvgIpc) is 3.55. The molecule has 1 unspecified atom stereocenters. The second-order valence-corrected chi connectivity index (χ2v) is 13.4. The van der Waals surface area contributed by atoms with E-state index < -0.39 is 5.97 Å². The predicted octanol–water partition coefficient (Wildman–Crippen LogP) is 7.62. The number of aromatic nitrogens is 2. The topological polar surface area (TPSA) is 106 Å². The number of nitrogens with zero attached hydrogens (tertiary/aromatic N) is 4. The Morgan fingerprint density at radius 3 is 2.23 bits per heavy atom. The molecule has 0 spiro atoms. The highest BCUT2D eigenvalue weighted by Crippen LogP contribution is 2.28. The minimum Gasteiger partial charge on any atom is -0.481 e. The van der Waals surface area contributed by atoms with Crippen LogP contribution < -0.4 is 4.74 Å². The molecule has 1 atom stereocenters. The van der Waals surface area contributed by atoms with E-state index in [-0.39, 0.29) is 12.5 Å². The second kappa shape index (κ2) is 27.3. The molecule has 2 aliphatic rings. The summed E-state index contributed by atoms with van der Waals surface area (Å²) in [5, 5.41) is 8.73. The van der Waals surface area contributed by atoms with Crippen molar-refractivity contribution in [3.63, 3.8) is 0 Å². The quantitative estimate of drug-likeness (QED) is 0.0652. The number of carboxylic acid groups (broad SMARTS) is 1. The normalized spacial score (nSPS) is 16.6. The number of carboxylic acids is 1. The molecule has 0 bridgehead atoms. The number of aliphatic carboxylic acids is 1. The van der Waals surface area contributed by atoms with Crippen molar-refractivity contribution in [1.82, 2.24) is 14.9 Å². The minimum atomic E-state index is -0.729. The Labute approximate surface area is 290 Å². The fourth-order valence-electron chi connectivity index (χ4n) is 6.40. The second-order valence-electron chi connectivity index (χ2n) is 13.4. The predicted molar refractivity (Wildman–Crippen MR) is 189 cm³/mol. The molecule has 1 aromatic rings. The van der Waals surface area contributed by atoms with Gasteiger partial charge < -0.3 is 29.0 Å².